The smallest absolute Gasteiger partial charge is 0.417 e. The summed E-state index contributed by atoms with van der Waals surface area (Å²) in [7, 11) is 0. The molecule has 0 saturated heterocycles. The molecule has 0 atom stereocenters. The molecule has 1 heterocycles. The van der Waals surface area contributed by atoms with Gasteiger partial charge in [-0.05, 0) is 64.8 Å². The molecule has 3 aromatic carbocycles. The zero-order valence-electron chi connectivity index (χ0n) is 19.0. The van der Waals surface area contributed by atoms with Crippen LogP contribution in [0.25, 0.3) is 11.1 Å². The number of Topliss-reactive ketones (excluding diaryl/α,β-unsaturated/α-hetero) is 1. The van der Waals surface area contributed by atoms with E-state index in [2.05, 4.69) is 0 Å². The monoisotopic (exact) mass is 466 g/mol. The lowest BCUT2D eigenvalue weighted by molar-refractivity contribution is -0.137. The molecule has 176 valence electrons. The van der Waals surface area contributed by atoms with Gasteiger partial charge in [-0.2, -0.15) is 13.2 Å². The molecule has 0 unspecified atom stereocenters. The summed E-state index contributed by atoms with van der Waals surface area (Å²) < 4.78 is 52.9. The van der Waals surface area contributed by atoms with Gasteiger partial charge in [0, 0.05) is 6.42 Å². The van der Waals surface area contributed by atoms with Crippen molar-refractivity contribution >= 4 is 5.78 Å². The van der Waals surface area contributed by atoms with Crippen LogP contribution in [-0.2, 0) is 22.8 Å². The van der Waals surface area contributed by atoms with Gasteiger partial charge in [0.1, 0.15) is 5.78 Å². The van der Waals surface area contributed by atoms with Crippen LogP contribution in [0.3, 0.4) is 0 Å². The Labute approximate surface area is 196 Å². The van der Waals surface area contributed by atoms with Crippen molar-refractivity contribution in [1.82, 2.24) is 0 Å². The fourth-order valence-corrected chi connectivity index (χ4v) is 4.66. The van der Waals surface area contributed by atoms with Crippen molar-refractivity contribution in [3.05, 3.63) is 82.9 Å². The van der Waals surface area contributed by atoms with Crippen LogP contribution in [0.1, 0.15) is 54.9 Å². The zero-order chi connectivity index (χ0) is 24.1. The van der Waals surface area contributed by atoms with Crippen LogP contribution < -0.4 is 9.47 Å². The molecule has 5 rings (SSSR count). The first-order valence-electron chi connectivity index (χ1n) is 11.4. The number of hydrogen-bond donors (Lipinski definition) is 0. The van der Waals surface area contributed by atoms with E-state index in [1.807, 2.05) is 32.0 Å². The Hall–Kier alpha value is -3.28. The number of rotatable bonds is 6. The third-order valence-electron chi connectivity index (χ3n) is 6.83. The molecule has 0 spiro atoms. The molecule has 6 heteroatoms. The van der Waals surface area contributed by atoms with Gasteiger partial charge in [-0.25, -0.2) is 0 Å². The number of alkyl halides is 3. The summed E-state index contributed by atoms with van der Waals surface area (Å²) in [6.07, 6.45) is -3.23. The lowest BCUT2D eigenvalue weighted by Crippen LogP contribution is -2.22. The summed E-state index contributed by atoms with van der Waals surface area (Å²) in [5.41, 5.74) is 1.45. The molecule has 1 saturated carbocycles. The second kappa shape index (κ2) is 8.19. The van der Waals surface area contributed by atoms with Crippen molar-refractivity contribution < 1.29 is 27.4 Å². The maximum Gasteiger partial charge on any atom is 0.417 e. The van der Waals surface area contributed by atoms with Crippen LogP contribution in [-0.4, -0.2) is 12.6 Å². The second-order valence-corrected chi connectivity index (χ2v) is 9.41. The van der Waals surface area contributed by atoms with Gasteiger partial charge in [0.25, 0.3) is 0 Å². The predicted octanol–water partition coefficient (Wildman–Crippen LogP) is 7.07. The summed E-state index contributed by atoms with van der Waals surface area (Å²) in [5.74, 6) is 1.37. The number of fused-ring (bicyclic) bond motifs is 1. The number of benzene rings is 3. The van der Waals surface area contributed by atoms with Crippen molar-refractivity contribution in [2.45, 2.75) is 50.6 Å². The van der Waals surface area contributed by atoms with E-state index in [9.17, 15) is 18.0 Å². The highest BCUT2D eigenvalue weighted by atomic mass is 19.4. The lowest BCUT2D eigenvalue weighted by Gasteiger charge is -2.18. The first-order valence-corrected chi connectivity index (χ1v) is 11.4. The van der Waals surface area contributed by atoms with Crippen molar-refractivity contribution in [2.75, 3.05) is 6.79 Å². The van der Waals surface area contributed by atoms with Crippen molar-refractivity contribution in [3.8, 4) is 22.6 Å². The van der Waals surface area contributed by atoms with Crippen LogP contribution in [0.2, 0.25) is 0 Å². The van der Waals surface area contributed by atoms with Crippen LogP contribution >= 0.6 is 0 Å². The normalized spacial score (nSPS) is 16.1. The van der Waals surface area contributed by atoms with Crippen molar-refractivity contribution in [3.63, 3.8) is 0 Å². The van der Waals surface area contributed by atoms with Crippen LogP contribution in [0.4, 0.5) is 13.2 Å². The van der Waals surface area contributed by atoms with Crippen LogP contribution in [0.5, 0.6) is 11.5 Å². The van der Waals surface area contributed by atoms with Crippen LogP contribution in [0.15, 0.2) is 60.7 Å². The summed E-state index contributed by atoms with van der Waals surface area (Å²) in [6, 6.07) is 16.9. The Morgan fingerprint density at radius 2 is 1.74 bits per heavy atom. The number of ketones is 1. The number of hydrogen-bond acceptors (Lipinski definition) is 3. The summed E-state index contributed by atoms with van der Waals surface area (Å²) >= 11 is 0. The minimum Gasteiger partial charge on any atom is -0.454 e. The van der Waals surface area contributed by atoms with E-state index in [-0.39, 0.29) is 30.5 Å². The van der Waals surface area contributed by atoms with Gasteiger partial charge in [0.05, 0.1) is 11.0 Å². The summed E-state index contributed by atoms with van der Waals surface area (Å²) in [4.78, 5) is 13.3. The van der Waals surface area contributed by atoms with Gasteiger partial charge in [0.15, 0.2) is 11.5 Å². The molecular formula is C28H25F3O3. The van der Waals surface area contributed by atoms with E-state index in [1.54, 1.807) is 30.3 Å². The number of halogens is 3. The lowest BCUT2D eigenvalue weighted by atomic mass is 9.86. The van der Waals surface area contributed by atoms with E-state index in [0.29, 0.717) is 35.5 Å². The summed E-state index contributed by atoms with van der Waals surface area (Å²) in [5, 5.41) is 0. The van der Waals surface area contributed by atoms with Gasteiger partial charge in [-0.1, -0.05) is 56.3 Å². The molecule has 3 aromatic rings. The maximum atomic E-state index is 14.0. The molecule has 3 nitrogen and oxygen atoms in total. The Morgan fingerprint density at radius 1 is 0.971 bits per heavy atom. The van der Waals surface area contributed by atoms with Crippen LogP contribution in [0, 0.1) is 0 Å². The third-order valence-corrected chi connectivity index (χ3v) is 6.83. The third kappa shape index (κ3) is 4.06. The maximum absolute atomic E-state index is 14.0. The second-order valence-electron chi connectivity index (χ2n) is 9.41. The molecule has 34 heavy (non-hydrogen) atoms. The highest BCUT2D eigenvalue weighted by Crippen LogP contribution is 2.51. The molecule has 1 aliphatic heterocycles. The van der Waals surface area contributed by atoms with E-state index in [4.69, 9.17) is 9.47 Å². The average Bonchev–Trinajstić information content (AvgIpc) is 3.49. The van der Waals surface area contributed by atoms with Crippen molar-refractivity contribution in [1.29, 1.82) is 0 Å². The molecule has 1 fully saturated rings. The minimum atomic E-state index is -4.53. The van der Waals surface area contributed by atoms with Gasteiger partial charge in [0.2, 0.25) is 6.79 Å². The molecular weight excluding hydrogens is 441 g/mol. The van der Waals surface area contributed by atoms with E-state index in [1.165, 1.54) is 6.07 Å². The highest BCUT2D eigenvalue weighted by molar-refractivity contribution is 5.95. The fraction of sp³-hybridized carbons (Fsp3) is 0.321. The Morgan fingerprint density at radius 3 is 2.44 bits per heavy atom. The topological polar surface area (TPSA) is 35.5 Å². The Kier molecular flexibility index (Phi) is 5.42. The van der Waals surface area contributed by atoms with E-state index in [0.717, 1.165) is 17.2 Å². The number of carbonyl (C=O) groups excluding carboxylic acids is 1. The molecule has 0 N–H and O–H groups in total. The van der Waals surface area contributed by atoms with Gasteiger partial charge < -0.3 is 9.47 Å². The highest BCUT2D eigenvalue weighted by Gasteiger charge is 2.51. The fourth-order valence-electron chi connectivity index (χ4n) is 4.66. The number of ether oxygens (including phenoxy) is 2. The van der Waals surface area contributed by atoms with E-state index < -0.39 is 17.2 Å². The van der Waals surface area contributed by atoms with Gasteiger partial charge >= 0.3 is 6.18 Å². The van der Waals surface area contributed by atoms with Gasteiger partial charge in [-0.3, -0.25) is 4.79 Å². The largest absolute Gasteiger partial charge is 0.454 e. The Bertz CT molecular complexity index is 1260. The quantitative estimate of drug-likeness (QED) is 0.390. The Balaban J connectivity index is 1.45. The molecule has 0 bridgehead atoms. The number of carbonyl (C=O) groups is 1. The molecule has 1 aliphatic carbocycles. The zero-order valence-corrected chi connectivity index (χ0v) is 19.0. The molecule has 0 radical (unpaired) electrons. The SMILES string of the molecule is CC(C)c1cccc(-c2ccc(CC(=O)C3(c4ccc5c(c4)OCO5)CC3)cc2C(F)(F)F)c1. The van der Waals surface area contributed by atoms with Crippen molar-refractivity contribution in [2.24, 2.45) is 0 Å². The first-order chi connectivity index (χ1) is 16.2. The minimum absolute atomic E-state index is 0.0518. The predicted molar refractivity (Wildman–Crippen MR) is 123 cm³/mol. The first kappa shape index (κ1) is 22.5. The van der Waals surface area contributed by atoms with E-state index >= 15 is 0 Å². The van der Waals surface area contributed by atoms with Gasteiger partial charge in [-0.15, -0.1) is 0 Å². The standard InChI is InChI=1S/C28H25F3O3/c1-17(2)19-4-3-5-20(14-19)22-8-6-18(12-23(22)28(29,30)31)13-26(32)27(10-11-27)21-7-9-24-25(15-21)34-16-33-24/h3-9,12,14-15,17H,10-11,13,16H2,1-2H3. The molecule has 0 aromatic heterocycles. The molecule has 2 aliphatic rings. The summed E-state index contributed by atoms with van der Waals surface area (Å²) in [6.45, 7) is 4.16. The molecule has 0 amide bonds. The average molecular weight is 466 g/mol.